The maximum atomic E-state index is 10.7. The van der Waals surface area contributed by atoms with Crippen molar-refractivity contribution in [1.82, 2.24) is 5.32 Å². The number of carbonyl (C=O) groups is 1. The molecule has 14 heavy (non-hydrogen) atoms. The molecule has 0 heterocycles. The van der Waals surface area contributed by atoms with Crippen molar-refractivity contribution in [2.45, 2.75) is 6.42 Å². The molecule has 0 aromatic heterocycles. The zero-order valence-corrected chi connectivity index (χ0v) is 7.99. The maximum absolute atomic E-state index is 10.7. The summed E-state index contributed by atoms with van der Waals surface area (Å²) in [5.41, 5.74) is 1.02. The van der Waals surface area contributed by atoms with Gasteiger partial charge in [0.05, 0.1) is 6.61 Å². The van der Waals surface area contributed by atoms with Gasteiger partial charge in [0.25, 0.3) is 0 Å². The van der Waals surface area contributed by atoms with Gasteiger partial charge in [-0.05, 0) is 17.7 Å². The van der Waals surface area contributed by atoms with E-state index < -0.39 is 6.09 Å². The van der Waals surface area contributed by atoms with Crippen molar-refractivity contribution in [2.24, 2.45) is 0 Å². The standard InChI is InChI=1S/C10H13NO3/c1-11-10(13)14-7-6-8-2-4-9(12)5-3-8/h2-5,12H,6-7H2,1H3,(H,11,13). The first-order chi connectivity index (χ1) is 6.72. The Labute approximate surface area is 82.5 Å². The van der Waals surface area contributed by atoms with Crippen LogP contribution in [0.3, 0.4) is 0 Å². The summed E-state index contributed by atoms with van der Waals surface area (Å²) in [6, 6.07) is 6.80. The van der Waals surface area contributed by atoms with E-state index in [0.29, 0.717) is 13.0 Å². The molecule has 0 aliphatic rings. The minimum Gasteiger partial charge on any atom is -0.508 e. The first-order valence-electron chi connectivity index (χ1n) is 4.35. The van der Waals surface area contributed by atoms with Gasteiger partial charge >= 0.3 is 6.09 Å². The van der Waals surface area contributed by atoms with E-state index in [1.807, 2.05) is 0 Å². The highest BCUT2D eigenvalue weighted by Crippen LogP contribution is 2.09. The molecule has 0 unspecified atom stereocenters. The Bertz CT molecular complexity index is 295. The van der Waals surface area contributed by atoms with Crippen LogP contribution in [0, 0.1) is 0 Å². The van der Waals surface area contributed by atoms with Gasteiger partial charge in [-0.25, -0.2) is 4.79 Å². The monoisotopic (exact) mass is 195 g/mol. The van der Waals surface area contributed by atoms with Crippen LogP contribution in [0.25, 0.3) is 0 Å². The number of carbonyl (C=O) groups excluding carboxylic acids is 1. The first-order valence-corrected chi connectivity index (χ1v) is 4.35. The molecule has 4 heteroatoms. The average molecular weight is 195 g/mol. The predicted octanol–water partition coefficient (Wildman–Crippen LogP) is 1.29. The van der Waals surface area contributed by atoms with E-state index in [0.717, 1.165) is 5.56 Å². The van der Waals surface area contributed by atoms with Crippen LogP contribution >= 0.6 is 0 Å². The average Bonchev–Trinajstić information content (AvgIpc) is 2.21. The molecule has 2 N–H and O–H groups in total. The number of alkyl carbamates (subject to hydrolysis) is 1. The van der Waals surface area contributed by atoms with Crippen molar-refractivity contribution in [1.29, 1.82) is 0 Å². The van der Waals surface area contributed by atoms with Gasteiger partial charge in [0.15, 0.2) is 0 Å². The summed E-state index contributed by atoms with van der Waals surface area (Å²) < 4.78 is 4.81. The van der Waals surface area contributed by atoms with Crippen LogP contribution in [-0.4, -0.2) is 24.9 Å². The lowest BCUT2D eigenvalue weighted by Gasteiger charge is -2.03. The highest BCUT2D eigenvalue weighted by atomic mass is 16.5. The molecule has 1 amide bonds. The number of amides is 1. The second-order valence-electron chi connectivity index (χ2n) is 2.80. The first kappa shape index (κ1) is 10.4. The minimum absolute atomic E-state index is 0.237. The Morgan fingerprint density at radius 1 is 1.43 bits per heavy atom. The predicted molar refractivity (Wildman–Crippen MR) is 52.2 cm³/mol. The zero-order valence-electron chi connectivity index (χ0n) is 7.99. The van der Waals surface area contributed by atoms with E-state index in [9.17, 15) is 4.79 Å². The number of phenols is 1. The fraction of sp³-hybridized carbons (Fsp3) is 0.300. The van der Waals surface area contributed by atoms with Crippen molar-refractivity contribution in [2.75, 3.05) is 13.7 Å². The van der Waals surface area contributed by atoms with Gasteiger partial charge < -0.3 is 15.2 Å². The van der Waals surface area contributed by atoms with Crippen LogP contribution in [0.2, 0.25) is 0 Å². The number of rotatable bonds is 3. The largest absolute Gasteiger partial charge is 0.508 e. The number of benzene rings is 1. The Kier molecular flexibility index (Phi) is 3.79. The summed E-state index contributed by atoms with van der Waals surface area (Å²) in [6.45, 7) is 0.338. The summed E-state index contributed by atoms with van der Waals surface area (Å²) in [7, 11) is 1.52. The third kappa shape index (κ3) is 3.35. The number of phenolic OH excluding ortho intramolecular Hbond substituents is 1. The highest BCUT2D eigenvalue weighted by Gasteiger charge is 1.98. The van der Waals surface area contributed by atoms with E-state index in [2.05, 4.69) is 5.32 Å². The van der Waals surface area contributed by atoms with Crippen LogP contribution in [0.1, 0.15) is 5.56 Å². The lowest BCUT2D eigenvalue weighted by atomic mass is 10.1. The van der Waals surface area contributed by atoms with Gasteiger partial charge in [0.1, 0.15) is 5.75 Å². The Hall–Kier alpha value is -1.71. The summed E-state index contributed by atoms with van der Waals surface area (Å²) in [4.78, 5) is 10.7. The van der Waals surface area contributed by atoms with Crippen molar-refractivity contribution >= 4 is 6.09 Å². The van der Waals surface area contributed by atoms with Crippen LogP contribution in [0.15, 0.2) is 24.3 Å². The molecule has 0 saturated carbocycles. The third-order valence-electron chi connectivity index (χ3n) is 1.76. The van der Waals surface area contributed by atoms with Gasteiger partial charge in [-0.15, -0.1) is 0 Å². The third-order valence-corrected chi connectivity index (χ3v) is 1.76. The smallest absolute Gasteiger partial charge is 0.406 e. The zero-order chi connectivity index (χ0) is 10.4. The Morgan fingerprint density at radius 3 is 2.64 bits per heavy atom. The number of hydrogen-bond donors (Lipinski definition) is 2. The topological polar surface area (TPSA) is 58.6 Å². The SMILES string of the molecule is CNC(=O)OCCc1ccc(O)cc1. The summed E-state index contributed by atoms with van der Waals surface area (Å²) >= 11 is 0. The van der Waals surface area contributed by atoms with Crippen molar-refractivity contribution < 1.29 is 14.6 Å². The van der Waals surface area contributed by atoms with Crippen LogP contribution < -0.4 is 5.32 Å². The van der Waals surface area contributed by atoms with Crippen molar-refractivity contribution in [3.05, 3.63) is 29.8 Å². The molecule has 1 aromatic rings. The molecule has 0 fully saturated rings. The van der Waals surface area contributed by atoms with Crippen LogP contribution in [0.5, 0.6) is 5.75 Å². The molecule has 0 bridgehead atoms. The quantitative estimate of drug-likeness (QED) is 0.764. The normalized spacial score (nSPS) is 9.50. The summed E-state index contributed by atoms with van der Waals surface area (Å²) in [6.07, 6.45) is 0.219. The molecular weight excluding hydrogens is 182 g/mol. The van der Waals surface area contributed by atoms with E-state index in [-0.39, 0.29) is 5.75 Å². The second-order valence-corrected chi connectivity index (χ2v) is 2.80. The molecule has 4 nitrogen and oxygen atoms in total. The molecule has 1 rings (SSSR count). The second kappa shape index (κ2) is 5.11. The lowest BCUT2D eigenvalue weighted by molar-refractivity contribution is 0.150. The lowest BCUT2D eigenvalue weighted by Crippen LogP contribution is -2.20. The van der Waals surface area contributed by atoms with Crippen LogP contribution in [0.4, 0.5) is 4.79 Å². The van der Waals surface area contributed by atoms with Gasteiger partial charge in [-0.3, -0.25) is 0 Å². The molecule has 0 atom stereocenters. The number of aromatic hydroxyl groups is 1. The highest BCUT2D eigenvalue weighted by molar-refractivity contribution is 5.66. The Balaban J connectivity index is 2.31. The van der Waals surface area contributed by atoms with E-state index >= 15 is 0 Å². The summed E-state index contributed by atoms with van der Waals surface area (Å²) in [5.74, 6) is 0.237. The van der Waals surface area contributed by atoms with Gasteiger partial charge in [-0.1, -0.05) is 12.1 Å². The number of ether oxygens (including phenoxy) is 1. The molecule has 0 aliphatic heterocycles. The molecule has 0 saturated heterocycles. The van der Waals surface area contributed by atoms with Crippen molar-refractivity contribution in [3.8, 4) is 5.75 Å². The number of nitrogens with one attached hydrogen (secondary N) is 1. The van der Waals surface area contributed by atoms with Crippen LogP contribution in [-0.2, 0) is 11.2 Å². The number of hydrogen-bond acceptors (Lipinski definition) is 3. The molecule has 1 aromatic carbocycles. The molecule has 76 valence electrons. The minimum atomic E-state index is -0.427. The van der Waals surface area contributed by atoms with Gasteiger partial charge in [0, 0.05) is 13.5 Å². The van der Waals surface area contributed by atoms with Gasteiger partial charge in [-0.2, -0.15) is 0 Å². The molecular formula is C10H13NO3. The molecule has 0 radical (unpaired) electrons. The van der Waals surface area contributed by atoms with E-state index in [4.69, 9.17) is 9.84 Å². The molecule has 0 spiro atoms. The Morgan fingerprint density at radius 2 is 2.07 bits per heavy atom. The van der Waals surface area contributed by atoms with Crippen molar-refractivity contribution in [3.63, 3.8) is 0 Å². The van der Waals surface area contributed by atoms with E-state index in [1.54, 1.807) is 24.3 Å². The maximum Gasteiger partial charge on any atom is 0.406 e. The fourth-order valence-corrected chi connectivity index (χ4v) is 0.996. The molecule has 0 aliphatic carbocycles. The fourth-order valence-electron chi connectivity index (χ4n) is 0.996. The van der Waals surface area contributed by atoms with Gasteiger partial charge in [0.2, 0.25) is 0 Å². The van der Waals surface area contributed by atoms with E-state index in [1.165, 1.54) is 7.05 Å². The summed E-state index contributed by atoms with van der Waals surface area (Å²) in [5, 5.41) is 11.4.